The van der Waals surface area contributed by atoms with Crippen molar-refractivity contribution in [2.24, 2.45) is 0 Å². The van der Waals surface area contributed by atoms with Crippen LogP contribution in [0.25, 0.3) is 0 Å². The van der Waals surface area contributed by atoms with Gasteiger partial charge in [0.2, 0.25) is 5.91 Å². The first-order chi connectivity index (χ1) is 14.6. The van der Waals surface area contributed by atoms with Gasteiger partial charge < -0.3 is 15.3 Å². The largest absolute Gasteiger partial charge is 0.384 e. The van der Waals surface area contributed by atoms with E-state index in [-0.39, 0.29) is 11.9 Å². The maximum atomic E-state index is 12.9. The number of nitrogens with one attached hydrogen (secondary N) is 1. The van der Waals surface area contributed by atoms with Gasteiger partial charge in [-0.15, -0.1) is 0 Å². The monoisotopic (exact) mass is 406 g/mol. The van der Waals surface area contributed by atoms with Crippen LogP contribution in [-0.4, -0.2) is 52.2 Å². The van der Waals surface area contributed by atoms with Crippen molar-refractivity contribution in [2.45, 2.75) is 55.7 Å². The molecule has 6 nitrogen and oxygen atoms in total. The van der Waals surface area contributed by atoms with Gasteiger partial charge in [0.25, 0.3) is 0 Å². The molecule has 0 radical (unpaired) electrons. The third-order valence-corrected chi connectivity index (χ3v) is 7.49. The molecule has 2 saturated heterocycles. The number of hydrogen-bond donors (Lipinski definition) is 2. The molecule has 3 aliphatic rings. The molecule has 3 fully saturated rings. The minimum absolute atomic E-state index is 0.0839. The van der Waals surface area contributed by atoms with Crippen molar-refractivity contribution in [3.63, 3.8) is 0 Å². The molecule has 2 aliphatic heterocycles. The maximum absolute atomic E-state index is 12.9. The molecular formula is C24H30N4O2. The van der Waals surface area contributed by atoms with E-state index in [9.17, 15) is 9.90 Å². The number of carbonyl (C=O) groups excluding carboxylic acids is 1. The Hall–Kier alpha value is -2.44. The second-order valence-corrected chi connectivity index (χ2v) is 8.92. The van der Waals surface area contributed by atoms with Gasteiger partial charge in [0.1, 0.15) is 11.1 Å². The van der Waals surface area contributed by atoms with Crippen molar-refractivity contribution in [3.8, 4) is 0 Å². The lowest BCUT2D eigenvalue weighted by molar-refractivity contribution is -0.127. The first kappa shape index (κ1) is 19.5. The molecule has 5 rings (SSSR count). The van der Waals surface area contributed by atoms with E-state index in [0.29, 0.717) is 6.67 Å². The summed E-state index contributed by atoms with van der Waals surface area (Å²) in [7, 11) is 0. The predicted molar refractivity (Wildman–Crippen MR) is 116 cm³/mol. The summed E-state index contributed by atoms with van der Waals surface area (Å²) in [6, 6.07) is 14.2. The molecule has 1 aliphatic carbocycles. The second-order valence-electron chi connectivity index (χ2n) is 8.92. The van der Waals surface area contributed by atoms with E-state index >= 15 is 0 Å². The highest BCUT2D eigenvalue weighted by atomic mass is 16.3. The standard InChI is InChI=1S/C24H30N4O2/c29-22-23(28(18-26-22)20-6-2-1-3-7-20)12-16-27(17-13-23)21-8-4-5-11-24(21,30)19-9-14-25-15-10-19/h1-3,6-7,9-10,14-15,21,30H,4-5,8,11-13,16-18H2,(H,26,29)/t21-,24-/m1/s1. The summed E-state index contributed by atoms with van der Waals surface area (Å²) in [4.78, 5) is 21.7. The smallest absolute Gasteiger partial charge is 0.247 e. The zero-order chi connectivity index (χ0) is 20.6. The Morgan fingerprint density at radius 1 is 1.00 bits per heavy atom. The topological polar surface area (TPSA) is 68.7 Å². The van der Waals surface area contributed by atoms with Gasteiger partial charge in [-0.2, -0.15) is 0 Å². The lowest BCUT2D eigenvalue weighted by Gasteiger charge is -2.51. The van der Waals surface area contributed by atoms with Crippen LogP contribution >= 0.6 is 0 Å². The van der Waals surface area contributed by atoms with Crippen molar-refractivity contribution >= 4 is 11.6 Å². The molecule has 158 valence electrons. The maximum Gasteiger partial charge on any atom is 0.247 e. The van der Waals surface area contributed by atoms with Crippen LogP contribution in [0.3, 0.4) is 0 Å². The van der Waals surface area contributed by atoms with Crippen LogP contribution in [0.2, 0.25) is 0 Å². The molecule has 2 N–H and O–H groups in total. The van der Waals surface area contributed by atoms with Crippen LogP contribution in [0.15, 0.2) is 54.9 Å². The Kier molecular flexibility index (Phi) is 4.99. The van der Waals surface area contributed by atoms with Crippen molar-refractivity contribution in [2.75, 3.05) is 24.7 Å². The van der Waals surface area contributed by atoms with Crippen LogP contribution in [-0.2, 0) is 10.4 Å². The molecule has 30 heavy (non-hydrogen) atoms. The Morgan fingerprint density at radius 3 is 2.47 bits per heavy atom. The quantitative estimate of drug-likeness (QED) is 0.820. The molecule has 1 aromatic heterocycles. The summed E-state index contributed by atoms with van der Waals surface area (Å²) in [6.07, 6.45) is 9.02. The Bertz CT molecular complexity index is 883. The first-order valence-corrected chi connectivity index (χ1v) is 11.1. The van der Waals surface area contributed by atoms with Gasteiger partial charge in [0, 0.05) is 37.2 Å². The van der Waals surface area contributed by atoms with Gasteiger partial charge in [-0.3, -0.25) is 14.7 Å². The zero-order valence-electron chi connectivity index (χ0n) is 17.3. The Balaban J connectivity index is 1.38. The van der Waals surface area contributed by atoms with Crippen LogP contribution in [0.1, 0.15) is 44.1 Å². The Morgan fingerprint density at radius 2 is 1.73 bits per heavy atom. The fourth-order valence-corrected chi connectivity index (χ4v) is 5.84. The van der Waals surface area contributed by atoms with Gasteiger partial charge in [-0.05, 0) is 55.5 Å². The van der Waals surface area contributed by atoms with Gasteiger partial charge in [0.15, 0.2) is 0 Å². The van der Waals surface area contributed by atoms with E-state index in [0.717, 1.165) is 62.9 Å². The van der Waals surface area contributed by atoms with Gasteiger partial charge in [0.05, 0.1) is 6.67 Å². The SMILES string of the molecule is O=C1NCN(c2ccccc2)C12CCN([C@@H]1CCCC[C@@]1(O)c1ccncc1)CC2. The molecule has 0 bridgehead atoms. The third-order valence-electron chi connectivity index (χ3n) is 7.49. The number of rotatable bonds is 3. The van der Waals surface area contributed by atoms with E-state index in [1.807, 2.05) is 30.3 Å². The number of aromatic nitrogens is 1. The second kappa shape index (κ2) is 7.67. The van der Waals surface area contributed by atoms with Crippen molar-refractivity contribution in [3.05, 3.63) is 60.4 Å². The predicted octanol–water partition coefficient (Wildman–Crippen LogP) is 2.64. The molecule has 0 unspecified atom stereocenters. The number of hydrogen-bond acceptors (Lipinski definition) is 5. The molecule has 1 saturated carbocycles. The average molecular weight is 407 g/mol. The van der Waals surface area contributed by atoms with Gasteiger partial charge in [-0.1, -0.05) is 31.0 Å². The van der Waals surface area contributed by atoms with Crippen LogP contribution in [0, 0.1) is 0 Å². The lowest BCUT2D eigenvalue weighted by atomic mass is 9.74. The molecule has 1 amide bonds. The van der Waals surface area contributed by atoms with E-state index in [2.05, 4.69) is 32.2 Å². The summed E-state index contributed by atoms with van der Waals surface area (Å²) in [5, 5.41) is 14.8. The number of piperidine rings is 1. The minimum atomic E-state index is -0.844. The number of likely N-dealkylation sites (tertiary alicyclic amines) is 1. The molecule has 6 heteroatoms. The number of para-hydroxylation sites is 1. The highest BCUT2D eigenvalue weighted by molar-refractivity contribution is 5.93. The number of carbonyl (C=O) groups is 1. The summed E-state index contributed by atoms with van der Waals surface area (Å²) in [6.45, 7) is 2.19. The molecule has 1 spiro atoms. The van der Waals surface area contributed by atoms with E-state index in [1.54, 1.807) is 12.4 Å². The third kappa shape index (κ3) is 3.10. The minimum Gasteiger partial charge on any atom is -0.384 e. The van der Waals surface area contributed by atoms with Gasteiger partial charge >= 0.3 is 0 Å². The number of pyridine rings is 1. The Labute approximate surface area is 177 Å². The summed E-state index contributed by atoms with van der Waals surface area (Å²) < 4.78 is 0. The summed E-state index contributed by atoms with van der Waals surface area (Å²) >= 11 is 0. The van der Waals surface area contributed by atoms with Crippen molar-refractivity contribution in [1.29, 1.82) is 0 Å². The fourth-order valence-electron chi connectivity index (χ4n) is 5.84. The normalized spacial score (nSPS) is 29.2. The molecular weight excluding hydrogens is 376 g/mol. The van der Waals surface area contributed by atoms with Crippen LogP contribution in [0.5, 0.6) is 0 Å². The number of anilines is 1. The number of amides is 1. The lowest BCUT2D eigenvalue weighted by Crippen LogP contribution is -2.61. The van der Waals surface area contributed by atoms with E-state index in [4.69, 9.17) is 0 Å². The fraction of sp³-hybridized carbons (Fsp3) is 0.500. The molecule has 3 heterocycles. The first-order valence-electron chi connectivity index (χ1n) is 11.1. The number of nitrogens with zero attached hydrogens (tertiary/aromatic N) is 3. The summed E-state index contributed by atoms with van der Waals surface area (Å²) in [5.74, 6) is 0.138. The van der Waals surface area contributed by atoms with Crippen LogP contribution < -0.4 is 10.2 Å². The number of aliphatic hydroxyl groups is 1. The highest BCUT2D eigenvalue weighted by Gasteiger charge is 2.53. The van der Waals surface area contributed by atoms with Crippen LogP contribution in [0.4, 0.5) is 5.69 Å². The van der Waals surface area contributed by atoms with E-state index < -0.39 is 11.1 Å². The number of benzene rings is 1. The van der Waals surface area contributed by atoms with Crippen molar-refractivity contribution in [1.82, 2.24) is 15.2 Å². The molecule has 1 aromatic carbocycles. The zero-order valence-corrected chi connectivity index (χ0v) is 17.3. The van der Waals surface area contributed by atoms with E-state index in [1.165, 1.54) is 0 Å². The average Bonchev–Trinajstić information content (AvgIpc) is 3.11. The summed E-state index contributed by atoms with van der Waals surface area (Å²) in [5.41, 5.74) is 0.728. The molecule has 2 aromatic rings. The highest BCUT2D eigenvalue weighted by Crippen LogP contribution is 2.43. The van der Waals surface area contributed by atoms with Gasteiger partial charge in [-0.25, -0.2) is 0 Å². The molecule has 2 atom stereocenters. The van der Waals surface area contributed by atoms with Crippen molar-refractivity contribution < 1.29 is 9.90 Å².